The number of carbonyl (C=O) groups excluding carboxylic acids is 3. The lowest BCUT2D eigenvalue weighted by Gasteiger charge is -2.27. The maximum absolute atomic E-state index is 12.8. The number of nitrogens with two attached hydrogens (primary N) is 1. The van der Waals surface area contributed by atoms with Crippen LogP contribution in [0.4, 0.5) is 0 Å². The van der Waals surface area contributed by atoms with E-state index in [9.17, 15) is 14.4 Å². The number of aryl methyl sites for hydroxylation is 1. The smallest absolute Gasteiger partial charge is 0.243 e. The van der Waals surface area contributed by atoms with Gasteiger partial charge in [-0.05, 0) is 24.8 Å². The predicted octanol–water partition coefficient (Wildman–Crippen LogP) is 0.206. The van der Waals surface area contributed by atoms with E-state index in [2.05, 4.69) is 10.6 Å². The van der Waals surface area contributed by atoms with Crippen molar-refractivity contribution in [3.63, 3.8) is 0 Å². The van der Waals surface area contributed by atoms with Crippen molar-refractivity contribution in [2.45, 2.75) is 44.7 Å². The molecule has 0 aliphatic carbocycles. The van der Waals surface area contributed by atoms with Gasteiger partial charge >= 0.3 is 0 Å². The molecular weight excluding hydrogens is 372 g/mol. The van der Waals surface area contributed by atoms with Gasteiger partial charge < -0.3 is 21.1 Å². The number of benzene rings is 1. The van der Waals surface area contributed by atoms with Gasteiger partial charge in [0.2, 0.25) is 17.7 Å². The summed E-state index contributed by atoms with van der Waals surface area (Å²) in [6, 6.07) is 8.30. The number of morpholine rings is 1. The predicted molar refractivity (Wildman–Crippen MR) is 110 cm³/mol. The number of amides is 3. The molecule has 0 saturated carbocycles. The number of hydrogen-bond acceptors (Lipinski definition) is 5. The monoisotopic (exact) mass is 404 g/mol. The molecule has 1 saturated heterocycles. The van der Waals surface area contributed by atoms with E-state index in [4.69, 9.17) is 10.5 Å². The second-order valence-corrected chi connectivity index (χ2v) is 7.29. The molecule has 8 heteroatoms. The zero-order valence-corrected chi connectivity index (χ0v) is 17.1. The molecule has 0 radical (unpaired) electrons. The van der Waals surface area contributed by atoms with E-state index < -0.39 is 18.0 Å². The molecule has 4 N–H and O–H groups in total. The van der Waals surface area contributed by atoms with Crippen LogP contribution in [-0.4, -0.2) is 67.6 Å². The van der Waals surface area contributed by atoms with Crippen LogP contribution >= 0.6 is 0 Å². The minimum absolute atomic E-state index is 0.215. The van der Waals surface area contributed by atoms with E-state index in [0.717, 1.165) is 5.56 Å². The summed E-state index contributed by atoms with van der Waals surface area (Å²) >= 11 is 0. The van der Waals surface area contributed by atoms with Gasteiger partial charge in [0.25, 0.3) is 0 Å². The van der Waals surface area contributed by atoms with E-state index in [1.807, 2.05) is 42.2 Å². The summed E-state index contributed by atoms with van der Waals surface area (Å²) in [5.41, 5.74) is 6.48. The number of nitrogens with zero attached hydrogens (tertiary/aromatic N) is 1. The number of rotatable bonds is 11. The fourth-order valence-corrected chi connectivity index (χ4v) is 3.27. The van der Waals surface area contributed by atoms with Crippen LogP contribution in [0.25, 0.3) is 0 Å². The number of primary amides is 1. The van der Waals surface area contributed by atoms with Crippen LogP contribution in [0.15, 0.2) is 30.3 Å². The molecule has 1 fully saturated rings. The lowest BCUT2D eigenvalue weighted by Crippen LogP contribution is -2.54. The topological polar surface area (TPSA) is 114 Å². The SMILES string of the molecule is CCCC(NC(=O)C(CCc1ccccc1)NC(=O)CN1CCOCC1)C(N)=O. The molecule has 1 aliphatic heterocycles. The van der Waals surface area contributed by atoms with Crippen molar-refractivity contribution in [2.75, 3.05) is 32.8 Å². The van der Waals surface area contributed by atoms with Gasteiger partial charge in [0.1, 0.15) is 12.1 Å². The van der Waals surface area contributed by atoms with Gasteiger partial charge in [-0.15, -0.1) is 0 Å². The third-order valence-electron chi connectivity index (χ3n) is 4.92. The first-order chi connectivity index (χ1) is 14.0. The van der Waals surface area contributed by atoms with Crippen molar-refractivity contribution in [3.05, 3.63) is 35.9 Å². The standard InChI is InChI=1S/C21H32N4O4/c1-2-6-17(20(22)27)24-21(28)18(10-9-16-7-4-3-5-8-16)23-19(26)15-25-11-13-29-14-12-25/h3-5,7-8,17-18H,2,6,9-15H2,1H3,(H2,22,27)(H,23,26)(H,24,28). The Hall–Kier alpha value is -2.45. The van der Waals surface area contributed by atoms with Crippen LogP contribution < -0.4 is 16.4 Å². The van der Waals surface area contributed by atoms with Crippen LogP contribution in [-0.2, 0) is 25.5 Å². The zero-order chi connectivity index (χ0) is 21.1. The first-order valence-electron chi connectivity index (χ1n) is 10.2. The van der Waals surface area contributed by atoms with Gasteiger partial charge in [-0.25, -0.2) is 0 Å². The van der Waals surface area contributed by atoms with Crippen LogP contribution in [0, 0.1) is 0 Å². The van der Waals surface area contributed by atoms with Crippen molar-refractivity contribution >= 4 is 17.7 Å². The summed E-state index contributed by atoms with van der Waals surface area (Å²) in [6.07, 6.45) is 2.24. The molecule has 0 bridgehead atoms. The second-order valence-electron chi connectivity index (χ2n) is 7.29. The Kier molecular flexibility index (Phi) is 9.59. The first kappa shape index (κ1) is 22.8. The summed E-state index contributed by atoms with van der Waals surface area (Å²) in [7, 11) is 0. The van der Waals surface area contributed by atoms with Gasteiger partial charge in [0.05, 0.1) is 19.8 Å². The van der Waals surface area contributed by atoms with Crippen molar-refractivity contribution < 1.29 is 19.1 Å². The van der Waals surface area contributed by atoms with Gasteiger partial charge in [0, 0.05) is 13.1 Å². The summed E-state index contributed by atoms with van der Waals surface area (Å²) < 4.78 is 5.30. The Morgan fingerprint density at radius 3 is 2.38 bits per heavy atom. The minimum Gasteiger partial charge on any atom is -0.379 e. The van der Waals surface area contributed by atoms with Crippen molar-refractivity contribution in [3.8, 4) is 0 Å². The lowest BCUT2D eigenvalue weighted by atomic mass is 10.0. The third kappa shape index (κ3) is 8.21. The molecule has 160 valence electrons. The molecule has 2 rings (SSSR count). The average molecular weight is 405 g/mol. The van der Waals surface area contributed by atoms with Crippen LogP contribution in [0.3, 0.4) is 0 Å². The summed E-state index contributed by atoms with van der Waals surface area (Å²) in [4.78, 5) is 38.9. The van der Waals surface area contributed by atoms with Gasteiger partial charge in [-0.1, -0.05) is 43.7 Å². The Morgan fingerprint density at radius 1 is 1.07 bits per heavy atom. The fourth-order valence-electron chi connectivity index (χ4n) is 3.27. The van der Waals surface area contributed by atoms with E-state index in [0.29, 0.717) is 52.0 Å². The van der Waals surface area contributed by atoms with Gasteiger partial charge in [0.15, 0.2) is 0 Å². The van der Waals surface area contributed by atoms with E-state index in [1.165, 1.54) is 0 Å². The zero-order valence-electron chi connectivity index (χ0n) is 17.1. The summed E-state index contributed by atoms with van der Waals surface area (Å²) in [5, 5.41) is 5.54. The molecule has 3 amide bonds. The van der Waals surface area contributed by atoms with Crippen LogP contribution in [0.2, 0.25) is 0 Å². The first-order valence-corrected chi connectivity index (χ1v) is 10.2. The van der Waals surface area contributed by atoms with Crippen LogP contribution in [0.5, 0.6) is 0 Å². The number of nitrogens with one attached hydrogen (secondary N) is 2. The fraction of sp³-hybridized carbons (Fsp3) is 0.571. The molecule has 0 spiro atoms. The van der Waals surface area contributed by atoms with E-state index >= 15 is 0 Å². The maximum Gasteiger partial charge on any atom is 0.243 e. The molecule has 29 heavy (non-hydrogen) atoms. The maximum atomic E-state index is 12.8. The van der Waals surface area contributed by atoms with Crippen molar-refractivity contribution in [1.82, 2.24) is 15.5 Å². The highest BCUT2D eigenvalue weighted by atomic mass is 16.5. The van der Waals surface area contributed by atoms with Crippen LogP contribution in [0.1, 0.15) is 31.7 Å². The molecule has 2 unspecified atom stereocenters. The van der Waals surface area contributed by atoms with Gasteiger partial charge in [-0.3, -0.25) is 19.3 Å². The minimum atomic E-state index is -0.734. The molecular formula is C21H32N4O4. The van der Waals surface area contributed by atoms with E-state index in [1.54, 1.807) is 0 Å². The van der Waals surface area contributed by atoms with Crippen molar-refractivity contribution in [1.29, 1.82) is 0 Å². The van der Waals surface area contributed by atoms with Crippen molar-refractivity contribution in [2.24, 2.45) is 5.73 Å². The highest BCUT2D eigenvalue weighted by molar-refractivity contribution is 5.91. The lowest BCUT2D eigenvalue weighted by molar-refractivity contribution is -0.132. The summed E-state index contributed by atoms with van der Waals surface area (Å²) in [6.45, 7) is 4.71. The molecule has 2 atom stereocenters. The Labute approximate surface area is 172 Å². The third-order valence-corrected chi connectivity index (χ3v) is 4.92. The second kappa shape index (κ2) is 12.2. The number of carbonyl (C=O) groups is 3. The molecule has 8 nitrogen and oxygen atoms in total. The Bertz CT molecular complexity index is 662. The van der Waals surface area contributed by atoms with Gasteiger partial charge in [-0.2, -0.15) is 0 Å². The molecule has 1 heterocycles. The summed E-state index contributed by atoms with van der Waals surface area (Å²) in [5.74, 6) is -1.17. The Morgan fingerprint density at radius 2 is 1.76 bits per heavy atom. The Balaban J connectivity index is 1.99. The molecule has 1 aromatic rings. The number of hydrogen-bond donors (Lipinski definition) is 3. The largest absolute Gasteiger partial charge is 0.379 e. The van der Waals surface area contributed by atoms with E-state index in [-0.39, 0.29) is 18.4 Å². The highest BCUT2D eigenvalue weighted by Gasteiger charge is 2.26. The molecule has 0 aromatic heterocycles. The number of ether oxygens (including phenoxy) is 1. The average Bonchev–Trinajstić information content (AvgIpc) is 2.72. The quantitative estimate of drug-likeness (QED) is 0.488. The highest BCUT2D eigenvalue weighted by Crippen LogP contribution is 2.07. The molecule has 1 aliphatic rings. The molecule has 1 aromatic carbocycles. The normalized spacial score (nSPS) is 16.6.